The molecule has 2 aliphatic rings. The number of nitrogens with zero attached hydrogens (tertiary/aromatic N) is 4. The number of urea groups is 1. The fourth-order valence-electron chi connectivity index (χ4n) is 5.65. The fourth-order valence-corrected chi connectivity index (χ4v) is 5.65. The van der Waals surface area contributed by atoms with E-state index in [2.05, 4.69) is 15.5 Å². The Labute approximate surface area is 238 Å². The van der Waals surface area contributed by atoms with Gasteiger partial charge in [0.2, 0.25) is 0 Å². The van der Waals surface area contributed by atoms with E-state index < -0.39 is 0 Å². The quantitative estimate of drug-likeness (QED) is 0.331. The molecule has 9 nitrogen and oxygen atoms in total. The van der Waals surface area contributed by atoms with Crippen LogP contribution in [0.15, 0.2) is 66.7 Å². The first-order valence-electron chi connectivity index (χ1n) is 13.8. The van der Waals surface area contributed by atoms with Gasteiger partial charge < -0.3 is 14.8 Å². The van der Waals surface area contributed by atoms with Gasteiger partial charge in [0.15, 0.2) is 0 Å². The molecule has 1 fully saturated rings. The number of amides is 2. The SMILES string of the molecule is COCCN1C[C@@H](NC(=O)Nc2c(C)c(-c3ccc4c(n3)CCO4)nn2-c2ccccc2)[C@H](c2cccc(F)c2)C1. The van der Waals surface area contributed by atoms with Crippen molar-refractivity contribution in [2.24, 2.45) is 0 Å². The summed E-state index contributed by atoms with van der Waals surface area (Å²) >= 11 is 0. The highest BCUT2D eigenvalue weighted by molar-refractivity contribution is 5.91. The average Bonchev–Trinajstić information content (AvgIpc) is 3.70. The molecule has 0 bridgehead atoms. The van der Waals surface area contributed by atoms with E-state index in [-0.39, 0.29) is 23.8 Å². The zero-order valence-electron chi connectivity index (χ0n) is 23.1. The van der Waals surface area contributed by atoms with Gasteiger partial charge in [0.1, 0.15) is 23.1 Å². The third kappa shape index (κ3) is 5.66. The molecule has 4 heterocycles. The number of nitrogens with one attached hydrogen (secondary N) is 2. The Bertz CT molecular complexity index is 1540. The first-order chi connectivity index (χ1) is 20.0. The summed E-state index contributed by atoms with van der Waals surface area (Å²) in [6.45, 7) is 5.18. The van der Waals surface area contributed by atoms with Gasteiger partial charge in [-0.25, -0.2) is 18.9 Å². The Hall–Kier alpha value is -4.28. The number of methoxy groups -OCH3 is 1. The van der Waals surface area contributed by atoms with Gasteiger partial charge in [-0.1, -0.05) is 30.3 Å². The van der Waals surface area contributed by atoms with Crippen molar-refractivity contribution in [3.63, 3.8) is 0 Å². The Morgan fingerprint density at radius 1 is 1.12 bits per heavy atom. The largest absolute Gasteiger partial charge is 0.491 e. The molecule has 2 aromatic carbocycles. The van der Waals surface area contributed by atoms with Crippen molar-refractivity contribution in [3.8, 4) is 22.8 Å². The topological polar surface area (TPSA) is 93.5 Å². The molecule has 41 heavy (non-hydrogen) atoms. The van der Waals surface area contributed by atoms with E-state index in [9.17, 15) is 9.18 Å². The van der Waals surface area contributed by atoms with Gasteiger partial charge in [0.05, 0.1) is 36.3 Å². The third-order valence-corrected chi connectivity index (χ3v) is 7.73. The minimum Gasteiger partial charge on any atom is -0.491 e. The lowest BCUT2D eigenvalue weighted by Gasteiger charge is -2.21. The number of hydrogen-bond donors (Lipinski definition) is 2. The summed E-state index contributed by atoms with van der Waals surface area (Å²) in [6, 6.07) is 19.5. The van der Waals surface area contributed by atoms with Crippen LogP contribution in [0.5, 0.6) is 5.75 Å². The first-order valence-corrected chi connectivity index (χ1v) is 13.8. The highest BCUT2D eigenvalue weighted by Crippen LogP contribution is 2.33. The van der Waals surface area contributed by atoms with E-state index in [1.807, 2.05) is 55.5 Å². The molecule has 212 valence electrons. The second kappa shape index (κ2) is 11.7. The number of carbonyl (C=O) groups is 1. The molecule has 2 N–H and O–H groups in total. The monoisotopic (exact) mass is 556 g/mol. The molecule has 6 rings (SSSR count). The lowest BCUT2D eigenvalue weighted by atomic mass is 9.94. The van der Waals surface area contributed by atoms with Crippen LogP contribution in [0, 0.1) is 12.7 Å². The van der Waals surface area contributed by atoms with E-state index in [1.165, 1.54) is 6.07 Å². The van der Waals surface area contributed by atoms with Crippen LogP contribution in [0.25, 0.3) is 17.1 Å². The molecule has 10 heteroatoms. The van der Waals surface area contributed by atoms with Crippen molar-refractivity contribution < 1.29 is 18.7 Å². The second-order valence-electron chi connectivity index (χ2n) is 10.4. The molecular formula is C31H33FN6O3. The number of rotatable bonds is 8. The molecule has 0 aliphatic carbocycles. The van der Waals surface area contributed by atoms with Crippen LogP contribution in [0.4, 0.5) is 15.0 Å². The second-order valence-corrected chi connectivity index (χ2v) is 10.4. The number of para-hydroxylation sites is 1. The number of anilines is 1. The van der Waals surface area contributed by atoms with Crippen LogP contribution in [0.3, 0.4) is 0 Å². The molecule has 2 aromatic heterocycles. The molecule has 0 saturated carbocycles. The van der Waals surface area contributed by atoms with Gasteiger partial charge in [-0.15, -0.1) is 0 Å². The highest BCUT2D eigenvalue weighted by atomic mass is 19.1. The summed E-state index contributed by atoms with van der Waals surface area (Å²) in [7, 11) is 1.67. The van der Waals surface area contributed by atoms with Crippen LogP contribution in [-0.2, 0) is 11.2 Å². The van der Waals surface area contributed by atoms with E-state index >= 15 is 0 Å². The fraction of sp³-hybridized carbons (Fsp3) is 0.323. The van der Waals surface area contributed by atoms with Gasteiger partial charge in [-0.05, 0) is 48.9 Å². The van der Waals surface area contributed by atoms with Crippen molar-refractivity contribution >= 4 is 11.8 Å². The van der Waals surface area contributed by atoms with Crippen LogP contribution < -0.4 is 15.4 Å². The molecule has 2 amide bonds. The summed E-state index contributed by atoms with van der Waals surface area (Å²) in [6.07, 6.45) is 0.754. The van der Waals surface area contributed by atoms with Crippen LogP contribution in [-0.4, -0.2) is 71.7 Å². The van der Waals surface area contributed by atoms with E-state index in [1.54, 1.807) is 23.9 Å². The lowest BCUT2D eigenvalue weighted by Crippen LogP contribution is -2.42. The normalized spacial score (nSPS) is 18.2. The van der Waals surface area contributed by atoms with E-state index in [0.29, 0.717) is 37.8 Å². The highest BCUT2D eigenvalue weighted by Gasteiger charge is 2.35. The molecule has 2 aliphatic heterocycles. The minimum atomic E-state index is -0.355. The molecule has 1 saturated heterocycles. The Morgan fingerprint density at radius 2 is 1.98 bits per heavy atom. The van der Waals surface area contributed by atoms with E-state index in [4.69, 9.17) is 19.6 Å². The first kappa shape index (κ1) is 26.9. The number of ether oxygens (including phenoxy) is 2. The maximum absolute atomic E-state index is 14.1. The lowest BCUT2D eigenvalue weighted by molar-refractivity contribution is 0.159. The Balaban J connectivity index is 1.28. The number of fused-ring (bicyclic) bond motifs is 1. The van der Waals surface area contributed by atoms with Gasteiger partial charge >= 0.3 is 6.03 Å². The van der Waals surface area contributed by atoms with Crippen molar-refractivity contribution in [1.82, 2.24) is 25.0 Å². The van der Waals surface area contributed by atoms with E-state index in [0.717, 1.165) is 46.9 Å². The smallest absolute Gasteiger partial charge is 0.320 e. The maximum Gasteiger partial charge on any atom is 0.320 e. The number of hydrogen-bond acceptors (Lipinski definition) is 6. The maximum atomic E-state index is 14.1. The summed E-state index contributed by atoms with van der Waals surface area (Å²) in [4.78, 5) is 20.6. The van der Waals surface area contributed by atoms with Gasteiger partial charge in [-0.2, -0.15) is 5.10 Å². The van der Waals surface area contributed by atoms with Gasteiger partial charge in [0.25, 0.3) is 0 Å². The molecule has 4 aromatic rings. The molecule has 0 unspecified atom stereocenters. The summed E-state index contributed by atoms with van der Waals surface area (Å²) in [5.74, 6) is 0.999. The van der Waals surface area contributed by atoms with Crippen molar-refractivity contribution in [2.45, 2.75) is 25.3 Å². The standard InChI is InChI=1S/C31H33FN6O3/c1-20-29(26-11-12-28-25(33-26)13-15-41-28)36-38(23-9-4-3-5-10-23)30(20)35-31(39)34-27-19-37(14-16-40-2)18-24(27)21-7-6-8-22(32)17-21/h3-12,17,24,27H,13-16,18-19H2,1-2H3,(H2,34,35,39)/t24-,27+/m0/s1. The zero-order valence-corrected chi connectivity index (χ0v) is 23.1. The van der Waals surface area contributed by atoms with Crippen molar-refractivity contribution in [1.29, 1.82) is 0 Å². The average molecular weight is 557 g/mol. The molecule has 2 atom stereocenters. The van der Waals surface area contributed by atoms with Gasteiger partial charge in [-0.3, -0.25) is 10.2 Å². The molecule has 0 radical (unpaired) electrons. The summed E-state index contributed by atoms with van der Waals surface area (Å²) in [5, 5.41) is 11.1. The third-order valence-electron chi connectivity index (χ3n) is 7.73. The van der Waals surface area contributed by atoms with Crippen molar-refractivity contribution in [3.05, 3.63) is 89.4 Å². The Morgan fingerprint density at radius 3 is 2.78 bits per heavy atom. The van der Waals surface area contributed by atoms with Crippen LogP contribution >= 0.6 is 0 Å². The van der Waals surface area contributed by atoms with Gasteiger partial charge in [0, 0.05) is 44.6 Å². The number of likely N-dealkylation sites (tertiary alicyclic amines) is 1. The summed E-state index contributed by atoms with van der Waals surface area (Å²) < 4.78 is 26.7. The predicted octanol–water partition coefficient (Wildman–Crippen LogP) is 4.55. The molecular weight excluding hydrogens is 523 g/mol. The molecule has 0 spiro atoms. The number of carbonyl (C=O) groups excluding carboxylic acids is 1. The van der Waals surface area contributed by atoms with Crippen LogP contribution in [0.1, 0.15) is 22.7 Å². The number of aromatic nitrogens is 3. The Kier molecular flexibility index (Phi) is 7.67. The predicted molar refractivity (Wildman–Crippen MR) is 154 cm³/mol. The number of halogens is 1. The summed E-state index contributed by atoms with van der Waals surface area (Å²) in [5.41, 5.74) is 4.78. The van der Waals surface area contributed by atoms with Crippen LogP contribution in [0.2, 0.25) is 0 Å². The number of benzene rings is 2. The number of pyridine rings is 1. The minimum absolute atomic E-state index is 0.0677. The van der Waals surface area contributed by atoms with Crippen molar-refractivity contribution in [2.75, 3.05) is 45.3 Å². The zero-order chi connectivity index (χ0) is 28.3.